The summed E-state index contributed by atoms with van der Waals surface area (Å²) in [5.74, 6) is -0.283. The number of ether oxygens (including phenoxy) is 1. The zero-order valence-electron chi connectivity index (χ0n) is 16.3. The van der Waals surface area contributed by atoms with Gasteiger partial charge in [0.15, 0.2) is 8.32 Å². The second-order valence-electron chi connectivity index (χ2n) is 8.26. The molecule has 0 spiro atoms. The lowest BCUT2D eigenvalue weighted by Crippen LogP contribution is -2.43. The van der Waals surface area contributed by atoms with Gasteiger partial charge in [-0.15, -0.1) is 0 Å². The van der Waals surface area contributed by atoms with Crippen LogP contribution in [0.25, 0.3) is 10.4 Å². The molecule has 0 saturated heterocycles. The van der Waals surface area contributed by atoms with Gasteiger partial charge < -0.3 is 9.16 Å². The summed E-state index contributed by atoms with van der Waals surface area (Å²) < 4.78 is 25.2. The number of nitrogens with zero attached hydrogens (tertiary/aromatic N) is 3. The Morgan fingerprint density at radius 2 is 1.68 bits per heavy atom. The van der Waals surface area contributed by atoms with Crippen LogP contribution in [0.5, 0.6) is 0 Å². The van der Waals surface area contributed by atoms with Crippen LogP contribution in [0.15, 0.2) is 29.4 Å². The van der Waals surface area contributed by atoms with Crippen molar-refractivity contribution >= 4 is 8.32 Å². The molecule has 0 aliphatic rings. The van der Waals surface area contributed by atoms with Crippen molar-refractivity contribution in [1.29, 1.82) is 0 Å². The van der Waals surface area contributed by atoms with E-state index in [4.69, 9.17) is 14.7 Å². The molecule has 1 rings (SSSR count). The van der Waals surface area contributed by atoms with Crippen molar-refractivity contribution in [1.82, 2.24) is 0 Å². The first kappa shape index (κ1) is 21.6. The van der Waals surface area contributed by atoms with Crippen LogP contribution in [0.4, 0.5) is 4.39 Å². The second-order valence-corrected chi connectivity index (χ2v) is 13.1. The first-order chi connectivity index (χ1) is 11.4. The average Bonchev–Trinajstić information content (AvgIpc) is 2.49. The molecule has 140 valence electrons. The highest BCUT2D eigenvalue weighted by atomic mass is 28.4. The zero-order chi connectivity index (χ0) is 19.3. The molecule has 0 amide bonds. The third kappa shape index (κ3) is 6.43. The lowest BCUT2D eigenvalue weighted by atomic mass is 9.98. The first-order valence-corrected chi connectivity index (χ1v) is 11.4. The molecule has 5 nitrogen and oxygen atoms in total. The molecule has 7 heteroatoms. The largest absolute Gasteiger partial charge is 0.416 e. The van der Waals surface area contributed by atoms with Gasteiger partial charge in [0.05, 0.1) is 18.2 Å². The highest BCUT2D eigenvalue weighted by molar-refractivity contribution is 6.74. The van der Waals surface area contributed by atoms with E-state index in [-0.39, 0.29) is 17.5 Å². The Morgan fingerprint density at radius 3 is 2.16 bits per heavy atom. The van der Waals surface area contributed by atoms with Gasteiger partial charge in [-0.3, -0.25) is 0 Å². The number of benzene rings is 1. The van der Waals surface area contributed by atoms with E-state index in [1.807, 2.05) is 13.8 Å². The fourth-order valence-electron chi connectivity index (χ4n) is 1.95. The summed E-state index contributed by atoms with van der Waals surface area (Å²) in [4.78, 5) is 2.91. The van der Waals surface area contributed by atoms with Crippen LogP contribution in [0.2, 0.25) is 18.1 Å². The van der Waals surface area contributed by atoms with Crippen LogP contribution in [0.3, 0.4) is 0 Å². The standard InChI is InChI=1S/C18H30FN3O2Si/c1-17(2,3)25(6,7)24-13-16(21-22-20)12-23-18(4,5)14-8-10-15(19)11-9-14/h8-11,16H,12-13H2,1-7H3/t16-/m0/s1. The lowest BCUT2D eigenvalue weighted by molar-refractivity contribution is -0.0327. The van der Waals surface area contributed by atoms with E-state index in [0.717, 1.165) is 5.56 Å². The lowest BCUT2D eigenvalue weighted by Gasteiger charge is -2.37. The average molecular weight is 368 g/mol. The van der Waals surface area contributed by atoms with Crippen molar-refractivity contribution in [2.45, 2.75) is 64.4 Å². The Hall–Kier alpha value is -1.40. The van der Waals surface area contributed by atoms with Crippen molar-refractivity contribution in [3.8, 4) is 0 Å². The summed E-state index contributed by atoms with van der Waals surface area (Å²) in [6.45, 7) is 15.2. The number of azide groups is 1. The normalized spacial score (nSPS) is 14.1. The first-order valence-electron chi connectivity index (χ1n) is 8.47. The second kappa shape index (κ2) is 8.32. The van der Waals surface area contributed by atoms with Gasteiger partial charge >= 0.3 is 0 Å². The third-order valence-corrected chi connectivity index (χ3v) is 9.33. The van der Waals surface area contributed by atoms with E-state index in [1.165, 1.54) is 12.1 Å². The molecular formula is C18H30FN3O2Si. The highest BCUT2D eigenvalue weighted by Gasteiger charge is 2.37. The van der Waals surface area contributed by atoms with Crippen LogP contribution in [-0.2, 0) is 14.8 Å². The van der Waals surface area contributed by atoms with Gasteiger partial charge in [0.1, 0.15) is 5.82 Å². The summed E-state index contributed by atoms with van der Waals surface area (Å²) in [5, 5.41) is 3.90. The Balaban J connectivity index is 2.72. The van der Waals surface area contributed by atoms with Crippen LogP contribution in [0.1, 0.15) is 40.2 Å². The predicted molar refractivity (Wildman–Crippen MR) is 101 cm³/mol. The molecule has 0 saturated carbocycles. The SMILES string of the molecule is CC(C)(OC[C@@H](CO[Si](C)(C)C(C)(C)C)N=[N+]=[N-])c1ccc(F)cc1. The minimum atomic E-state index is -1.92. The smallest absolute Gasteiger partial charge is 0.191 e. The Bertz CT molecular complexity index is 606. The van der Waals surface area contributed by atoms with Crippen LogP contribution < -0.4 is 0 Å². The fraction of sp³-hybridized carbons (Fsp3) is 0.667. The Morgan fingerprint density at radius 1 is 1.12 bits per heavy atom. The quantitative estimate of drug-likeness (QED) is 0.253. The fourth-order valence-corrected chi connectivity index (χ4v) is 2.99. The van der Waals surface area contributed by atoms with Gasteiger partial charge in [-0.25, -0.2) is 4.39 Å². The monoisotopic (exact) mass is 367 g/mol. The van der Waals surface area contributed by atoms with Gasteiger partial charge in [0.2, 0.25) is 0 Å². The van der Waals surface area contributed by atoms with E-state index < -0.39 is 20.0 Å². The summed E-state index contributed by atoms with van der Waals surface area (Å²) in [6.07, 6.45) is 0. The third-order valence-electron chi connectivity index (χ3n) is 4.83. The summed E-state index contributed by atoms with van der Waals surface area (Å²) in [5.41, 5.74) is 9.06. The molecule has 0 aliphatic heterocycles. The van der Waals surface area contributed by atoms with E-state index in [9.17, 15) is 4.39 Å². The van der Waals surface area contributed by atoms with Gasteiger partial charge in [0.25, 0.3) is 0 Å². The number of halogens is 1. The summed E-state index contributed by atoms with van der Waals surface area (Å²) in [7, 11) is -1.92. The number of rotatable bonds is 8. The van der Waals surface area contributed by atoms with Crippen LogP contribution in [0, 0.1) is 5.82 Å². The van der Waals surface area contributed by atoms with E-state index >= 15 is 0 Å². The Kier molecular flexibility index (Phi) is 7.20. The number of hydrogen-bond donors (Lipinski definition) is 0. The summed E-state index contributed by atoms with van der Waals surface area (Å²) >= 11 is 0. The van der Waals surface area contributed by atoms with Gasteiger partial charge in [-0.1, -0.05) is 38.0 Å². The van der Waals surface area contributed by atoms with Gasteiger partial charge in [-0.05, 0) is 55.2 Å². The molecule has 0 bridgehead atoms. The van der Waals surface area contributed by atoms with Crippen molar-refractivity contribution < 1.29 is 13.6 Å². The van der Waals surface area contributed by atoms with E-state index in [0.29, 0.717) is 6.61 Å². The van der Waals surface area contributed by atoms with Crippen molar-refractivity contribution in [3.05, 3.63) is 46.1 Å². The van der Waals surface area contributed by atoms with Gasteiger partial charge in [0, 0.05) is 11.5 Å². The maximum absolute atomic E-state index is 13.1. The van der Waals surface area contributed by atoms with Crippen molar-refractivity contribution in [2.24, 2.45) is 5.11 Å². The minimum Gasteiger partial charge on any atom is -0.416 e. The molecule has 0 aromatic heterocycles. The molecule has 0 radical (unpaired) electrons. The van der Waals surface area contributed by atoms with E-state index in [1.54, 1.807) is 12.1 Å². The van der Waals surface area contributed by atoms with Crippen molar-refractivity contribution in [2.75, 3.05) is 13.2 Å². The molecule has 0 unspecified atom stereocenters. The van der Waals surface area contributed by atoms with Crippen molar-refractivity contribution in [3.63, 3.8) is 0 Å². The molecule has 0 aliphatic carbocycles. The van der Waals surface area contributed by atoms with Crippen LogP contribution >= 0.6 is 0 Å². The molecule has 0 fully saturated rings. The van der Waals surface area contributed by atoms with Gasteiger partial charge in [-0.2, -0.15) is 0 Å². The predicted octanol–water partition coefficient (Wildman–Crippen LogP) is 5.78. The summed E-state index contributed by atoms with van der Waals surface area (Å²) in [6, 6.07) is 5.81. The Labute approximate surface area is 151 Å². The number of hydrogen-bond acceptors (Lipinski definition) is 3. The zero-order valence-corrected chi connectivity index (χ0v) is 17.3. The highest BCUT2D eigenvalue weighted by Crippen LogP contribution is 2.36. The maximum Gasteiger partial charge on any atom is 0.191 e. The maximum atomic E-state index is 13.1. The molecule has 0 N–H and O–H groups in total. The molecule has 1 aromatic rings. The molecule has 1 aromatic carbocycles. The minimum absolute atomic E-state index is 0.0855. The topological polar surface area (TPSA) is 67.2 Å². The molecular weight excluding hydrogens is 337 g/mol. The van der Waals surface area contributed by atoms with E-state index in [2.05, 4.69) is 43.9 Å². The molecule has 1 atom stereocenters. The molecule has 0 heterocycles. The molecule has 25 heavy (non-hydrogen) atoms. The van der Waals surface area contributed by atoms with Crippen LogP contribution in [-0.4, -0.2) is 27.6 Å².